The van der Waals surface area contributed by atoms with Crippen molar-refractivity contribution in [1.29, 1.82) is 0 Å². The van der Waals surface area contributed by atoms with E-state index < -0.39 is 17.2 Å². The van der Waals surface area contributed by atoms with Crippen molar-refractivity contribution >= 4 is 0 Å². The van der Waals surface area contributed by atoms with Gasteiger partial charge in [-0.3, -0.25) is 0 Å². The second kappa shape index (κ2) is 6.31. The zero-order chi connectivity index (χ0) is 16.3. The van der Waals surface area contributed by atoms with Crippen LogP contribution in [0.15, 0.2) is 78.9 Å². The smallest absolute Gasteiger partial charge is 0.129 e. The Bertz CT molecular complexity index is 754. The Kier molecular flexibility index (Phi) is 4.22. The van der Waals surface area contributed by atoms with Crippen molar-refractivity contribution in [1.82, 2.24) is 0 Å². The van der Waals surface area contributed by atoms with Crippen molar-refractivity contribution in [2.45, 2.75) is 12.0 Å². The van der Waals surface area contributed by atoms with Crippen LogP contribution in [0.5, 0.6) is 0 Å². The Balaban J connectivity index is 2.18. The van der Waals surface area contributed by atoms with Gasteiger partial charge in [-0.1, -0.05) is 66.7 Å². The Morgan fingerprint density at radius 2 is 1.09 bits per heavy atom. The van der Waals surface area contributed by atoms with Gasteiger partial charge in [0.2, 0.25) is 0 Å². The Hall–Kier alpha value is -2.52. The minimum absolute atomic E-state index is 0.0638. The number of hydrogen-bond donors (Lipinski definition) is 1. The molecule has 0 saturated carbocycles. The summed E-state index contributed by atoms with van der Waals surface area (Å²) in [6.45, 7) is 0. The van der Waals surface area contributed by atoms with E-state index in [0.717, 1.165) is 5.56 Å². The van der Waals surface area contributed by atoms with Crippen molar-refractivity contribution in [3.63, 3.8) is 0 Å². The third-order valence-electron chi connectivity index (χ3n) is 3.94. The summed E-state index contributed by atoms with van der Waals surface area (Å²) in [5.74, 6) is -1.12. The lowest BCUT2D eigenvalue weighted by molar-refractivity contribution is 0.0732. The summed E-state index contributed by atoms with van der Waals surface area (Å²) in [6, 6.07) is 21.1. The van der Waals surface area contributed by atoms with Crippen LogP contribution in [0.1, 0.15) is 16.7 Å². The molecule has 0 aliphatic rings. The van der Waals surface area contributed by atoms with Crippen molar-refractivity contribution < 1.29 is 13.9 Å². The maximum Gasteiger partial charge on any atom is 0.129 e. The van der Waals surface area contributed by atoms with E-state index in [1.165, 1.54) is 24.3 Å². The molecule has 1 nitrogen and oxygen atoms in total. The molecule has 0 aromatic heterocycles. The van der Waals surface area contributed by atoms with Gasteiger partial charge in [-0.15, -0.1) is 0 Å². The molecule has 0 unspecified atom stereocenters. The molecule has 0 bridgehead atoms. The maximum absolute atomic E-state index is 14.3. The fourth-order valence-corrected chi connectivity index (χ4v) is 2.82. The van der Waals surface area contributed by atoms with Crippen LogP contribution < -0.4 is 0 Å². The van der Waals surface area contributed by atoms with Crippen LogP contribution in [0, 0.1) is 11.6 Å². The van der Waals surface area contributed by atoms with Crippen LogP contribution in [0.3, 0.4) is 0 Å². The molecule has 0 fully saturated rings. The molecule has 1 N–H and O–H groups in total. The molecule has 0 spiro atoms. The highest BCUT2D eigenvalue weighted by Crippen LogP contribution is 2.36. The van der Waals surface area contributed by atoms with Gasteiger partial charge in [-0.05, 0) is 17.7 Å². The standard InChI is InChI=1S/C20H16F2O/c21-18-12-6-4-10-16(18)20(23,14-15-8-2-1-3-9-15)17-11-5-7-13-19(17)22/h1-13,23H,14H2. The van der Waals surface area contributed by atoms with E-state index in [9.17, 15) is 13.9 Å². The van der Waals surface area contributed by atoms with Gasteiger partial charge in [0.05, 0.1) is 0 Å². The number of benzene rings is 3. The highest BCUT2D eigenvalue weighted by Gasteiger charge is 2.36. The van der Waals surface area contributed by atoms with Gasteiger partial charge in [-0.2, -0.15) is 0 Å². The summed E-state index contributed by atoms with van der Waals surface area (Å²) in [4.78, 5) is 0. The average molecular weight is 310 g/mol. The highest BCUT2D eigenvalue weighted by atomic mass is 19.1. The monoisotopic (exact) mass is 310 g/mol. The van der Waals surface area contributed by atoms with Crippen molar-refractivity contribution in [2.75, 3.05) is 0 Å². The largest absolute Gasteiger partial charge is 0.380 e. The first-order chi connectivity index (χ1) is 11.1. The minimum atomic E-state index is -1.78. The summed E-state index contributed by atoms with van der Waals surface area (Å²) in [5, 5.41) is 11.3. The summed E-state index contributed by atoms with van der Waals surface area (Å²) in [6.07, 6.45) is 0.0791. The first-order valence-corrected chi connectivity index (χ1v) is 7.37. The highest BCUT2D eigenvalue weighted by molar-refractivity contribution is 5.40. The van der Waals surface area contributed by atoms with Gasteiger partial charge in [0, 0.05) is 17.5 Å². The Labute approximate surface area is 133 Å². The predicted octanol–water partition coefficient (Wildman–Crippen LogP) is 4.44. The summed E-state index contributed by atoms with van der Waals surface area (Å²) in [7, 11) is 0. The molecular weight excluding hydrogens is 294 g/mol. The first kappa shape index (κ1) is 15.4. The molecule has 3 aromatic carbocycles. The minimum Gasteiger partial charge on any atom is -0.380 e. The molecule has 3 heteroatoms. The third-order valence-corrected chi connectivity index (χ3v) is 3.94. The van der Waals surface area contributed by atoms with E-state index in [1.807, 2.05) is 30.3 Å². The second-order valence-corrected chi connectivity index (χ2v) is 5.48. The molecule has 0 aliphatic heterocycles. The van der Waals surface area contributed by atoms with Gasteiger partial charge in [0.1, 0.15) is 17.2 Å². The van der Waals surface area contributed by atoms with E-state index >= 15 is 0 Å². The summed E-state index contributed by atoms with van der Waals surface area (Å²) < 4.78 is 28.6. The number of rotatable bonds is 4. The Morgan fingerprint density at radius 1 is 0.652 bits per heavy atom. The topological polar surface area (TPSA) is 20.2 Å². The second-order valence-electron chi connectivity index (χ2n) is 5.48. The molecule has 3 rings (SSSR count). The zero-order valence-corrected chi connectivity index (χ0v) is 12.4. The molecular formula is C20H16F2O. The molecule has 3 aromatic rings. The van der Waals surface area contributed by atoms with Crippen molar-refractivity contribution in [2.24, 2.45) is 0 Å². The molecule has 23 heavy (non-hydrogen) atoms. The normalized spacial score (nSPS) is 11.4. The van der Waals surface area contributed by atoms with Crippen LogP contribution in [0.4, 0.5) is 8.78 Å². The summed E-state index contributed by atoms with van der Waals surface area (Å²) in [5.41, 5.74) is -0.859. The van der Waals surface area contributed by atoms with Crippen molar-refractivity contribution in [3.8, 4) is 0 Å². The molecule has 0 aliphatic carbocycles. The van der Waals surface area contributed by atoms with Gasteiger partial charge < -0.3 is 5.11 Å². The Morgan fingerprint density at radius 3 is 1.57 bits per heavy atom. The number of halogens is 2. The van der Waals surface area contributed by atoms with Crippen LogP contribution >= 0.6 is 0 Å². The fourth-order valence-electron chi connectivity index (χ4n) is 2.82. The molecule has 0 heterocycles. The quantitative estimate of drug-likeness (QED) is 0.755. The molecule has 0 amide bonds. The van der Waals surface area contributed by atoms with Gasteiger partial charge in [0.15, 0.2) is 0 Å². The lowest BCUT2D eigenvalue weighted by Crippen LogP contribution is -2.32. The van der Waals surface area contributed by atoms with E-state index in [2.05, 4.69) is 0 Å². The van der Waals surface area contributed by atoms with Crippen LogP contribution in [0.2, 0.25) is 0 Å². The van der Waals surface area contributed by atoms with Crippen LogP contribution in [-0.4, -0.2) is 5.11 Å². The maximum atomic E-state index is 14.3. The predicted molar refractivity (Wildman–Crippen MR) is 85.9 cm³/mol. The molecule has 0 atom stereocenters. The first-order valence-electron chi connectivity index (χ1n) is 7.37. The third kappa shape index (κ3) is 3.01. The van der Waals surface area contributed by atoms with Crippen molar-refractivity contribution in [3.05, 3.63) is 107 Å². The zero-order valence-electron chi connectivity index (χ0n) is 12.4. The lowest BCUT2D eigenvalue weighted by Gasteiger charge is -2.30. The van der Waals surface area contributed by atoms with E-state index in [0.29, 0.717) is 0 Å². The van der Waals surface area contributed by atoms with Crippen LogP contribution in [-0.2, 0) is 12.0 Å². The van der Waals surface area contributed by atoms with Gasteiger partial charge >= 0.3 is 0 Å². The SMILES string of the molecule is OC(Cc1ccccc1)(c1ccccc1F)c1ccccc1F. The molecule has 0 saturated heterocycles. The van der Waals surface area contributed by atoms with Crippen LogP contribution in [0.25, 0.3) is 0 Å². The van der Waals surface area contributed by atoms with E-state index in [1.54, 1.807) is 24.3 Å². The van der Waals surface area contributed by atoms with Gasteiger partial charge in [0.25, 0.3) is 0 Å². The molecule has 0 radical (unpaired) electrons. The fraction of sp³-hybridized carbons (Fsp3) is 0.100. The number of hydrogen-bond acceptors (Lipinski definition) is 1. The van der Waals surface area contributed by atoms with E-state index in [4.69, 9.17) is 0 Å². The lowest BCUT2D eigenvalue weighted by atomic mass is 9.81. The average Bonchev–Trinajstić information content (AvgIpc) is 2.56. The van der Waals surface area contributed by atoms with E-state index in [-0.39, 0.29) is 17.5 Å². The van der Waals surface area contributed by atoms with Gasteiger partial charge in [-0.25, -0.2) is 8.78 Å². The molecule has 116 valence electrons. The number of aliphatic hydroxyl groups is 1. The summed E-state index contributed by atoms with van der Waals surface area (Å²) >= 11 is 0.